The van der Waals surface area contributed by atoms with Crippen LogP contribution < -0.4 is 15.5 Å². The van der Waals surface area contributed by atoms with E-state index in [9.17, 15) is 4.79 Å². The van der Waals surface area contributed by atoms with Crippen LogP contribution in [-0.4, -0.2) is 30.2 Å². The second kappa shape index (κ2) is 9.21. The maximum absolute atomic E-state index is 10.5. The molecule has 0 amide bonds. The van der Waals surface area contributed by atoms with Crippen molar-refractivity contribution in [1.29, 1.82) is 0 Å². The molecule has 3 aromatic rings. The molecule has 2 heterocycles. The van der Waals surface area contributed by atoms with Gasteiger partial charge in [-0.2, -0.15) is 0 Å². The second-order valence-electron chi connectivity index (χ2n) is 6.93. The minimum Gasteiger partial charge on any atom is -0.478 e. The van der Waals surface area contributed by atoms with Gasteiger partial charge in [0.15, 0.2) is 0 Å². The van der Waals surface area contributed by atoms with Gasteiger partial charge in [-0.3, -0.25) is 4.98 Å². The molecule has 0 aliphatic carbocycles. The number of carbonyl (C=O) groups is 1. The van der Waals surface area contributed by atoms with E-state index in [4.69, 9.17) is 5.11 Å². The van der Waals surface area contributed by atoms with Crippen molar-refractivity contribution in [3.8, 4) is 0 Å². The zero-order valence-corrected chi connectivity index (χ0v) is 16.9. The molecule has 6 heteroatoms. The molecule has 2 aromatic carbocycles. The fourth-order valence-corrected chi connectivity index (χ4v) is 3.19. The minimum atomic E-state index is -0.947. The molecule has 0 saturated heterocycles. The Kier molecular flexibility index (Phi) is 6.46. The summed E-state index contributed by atoms with van der Waals surface area (Å²) in [5.41, 5.74) is 7.39. The topological polar surface area (TPSA) is 77.5 Å². The van der Waals surface area contributed by atoms with E-state index in [-0.39, 0.29) is 5.56 Å². The lowest BCUT2D eigenvalue weighted by molar-refractivity contribution is 0.0698. The van der Waals surface area contributed by atoms with Crippen LogP contribution in [0, 0.1) is 6.92 Å². The van der Waals surface area contributed by atoms with Crippen LogP contribution in [-0.2, 0) is 13.1 Å². The first-order valence-corrected chi connectivity index (χ1v) is 9.47. The summed E-state index contributed by atoms with van der Waals surface area (Å²) in [7, 11) is 3.78. The first-order valence-electron chi connectivity index (χ1n) is 9.47. The number of rotatable bonds is 4. The van der Waals surface area contributed by atoms with E-state index in [0.717, 1.165) is 13.1 Å². The third kappa shape index (κ3) is 4.92. The van der Waals surface area contributed by atoms with Crippen molar-refractivity contribution < 1.29 is 9.90 Å². The number of benzene rings is 2. The van der Waals surface area contributed by atoms with Crippen LogP contribution in [0.5, 0.6) is 0 Å². The van der Waals surface area contributed by atoms with Crippen LogP contribution in [0.4, 0.5) is 17.1 Å². The highest BCUT2D eigenvalue weighted by Gasteiger charge is 2.12. The Balaban J connectivity index is 0.000000188. The van der Waals surface area contributed by atoms with Crippen LogP contribution in [0.1, 0.15) is 27.0 Å². The molecule has 0 unspecified atom stereocenters. The van der Waals surface area contributed by atoms with E-state index >= 15 is 0 Å². The molecule has 0 radical (unpaired) electrons. The van der Waals surface area contributed by atoms with Gasteiger partial charge in [0.05, 0.1) is 17.4 Å². The summed E-state index contributed by atoms with van der Waals surface area (Å²) in [6.07, 6.45) is 2.92. The quantitative estimate of drug-likeness (QED) is 0.620. The molecule has 4 rings (SSSR count). The number of aromatic nitrogens is 1. The summed E-state index contributed by atoms with van der Waals surface area (Å²) in [5, 5.41) is 14.7. The number of aromatic carboxylic acids is 1. The Labute approximate surface area is 171 Å². The summed E-state index contributed by atoms with van der Waals surface area (Å²) >= 11 is 0. The normalized spacial score (nSPS) is 11.8. The molecule has 1 aliphatic rings. The predicted octanol–water partition coefficient (Wildman–Crippen LogP) is 4.19. The molecule has 0 saturated carbocycles. The standard InChI is InChI=1S/C16H18N2.C7H8N2O2/c1-12-3-6-15(7-4-12)18(2)16-8-5-13-10-17-11-14(13)9-16;1-8-6-4-9-3-2-5(6)7(10)11/h3-9,17H,10-11H2,1-2H3;2-4,8H,1H3,(H,10,11). The van der Waals surface area contributed by atoms with Gasteiger partial charge in [-0.05, 0) is 48.4 Å². The fraction of sp³-hybridized carbons (Fsp3) is 0.217. The number of hydrogen-bond donors (Lipinski definition) is 3. The van der Waals surface area contributed by atoms with Crippen molar-refractivity contribution in [2.75, 3.05) is 24.3 Å². The summed E-state index contributed by atoms with van der Waals surface area (Å²) < 4.78 is 0. The summed E-state index contributed by atoms with van der Waals surface area (Å²) in [6, 6.07) is 16.8. The highest BCUT2D eigenvalue weighted by atomic mass is 16.4. The molecule has 6 nitrogen and oxygen atoms in total. The molecule has 1 aliphatic heterocycles. The third-order valence-corrected chi connectivity index (χ3v) is 4.95. The number of fused-ring (bicyclic) bond motifs is 1. The molecule has 3 N–H and O–H groups in total. The number of nitrogens with one attached hydrogen (secondary N) is 2. The van der Waals surface area contributed by atoms with E-state index in [2.05, 4.69) is 77.0 Å². The second-order valence-corrected chi connectivity index (χ2v) is 6.93. The minimum absolute atomic E-state index is 0.238. The zero-order valence-electron chi connectivity index (χ0n) is 16.9. The Morgan fingerprint density at radius 3 is 2.41 bits per heavy atom. The van der Waals surface area contributed by atoms with E-state index in [1.54, 1.807) is 7.05 Å². The van der Waals surface area contributed by atoms with Gasteiger partial charge in [0.25, 0.3) is 0 Å². The van der Waals surface area contributed by atoms with Gasteiger partial charge >= 0.3 is 5.97 Å². The van der Waals surface area contributed by atoms with E-state index < -0.39 is 5.97 Å². The van der Waals surface area contributed by atoms with Gasteiger partial charge in [0, 0.05) is 44.8 Å². The Hall–Kier alpha value is -3.38. The lowest BCUT2D eigenvalue weighted by Gasteiger charge is -2.20. The Morgan fingerprint density at radius 1 is 1.07 bits per heavy atom. The number of pyridine rings is 1. The molecule has 0 bridgehead atoms. The maximum Gasteiger partial charge on any atom is 0.337 e. The Bertz CT molecular complexity index is 986. The highest BCUT2D eigenvalue weighted by molar-refractivity contribution is 5.93. The zero-order chi connectivity index (χ0) is 20.8. The van der Waals surface area contributed by atoms with Gasteiger partial charge < -0.3 is 20.6 Å². The van der Waals surface area contributed by atoms with Crippen molar-refractivity contribution in [2.45, 2.75) is 20.0 Å². The summed E-state index contributed by atoms with van der Waals surface area (Å²) in [5.74, 6) is -0.947. The molecule has 0 atom stereocenters. The van der Waals surface area contributed by atoms with Gasteiger partial charge in [-0.1, -0.05) is 23.8 Å². The number of nitrogens with zero attached hydrogens (tertiary/aromatic N) is 2. The van der Waals surface area contributed by atoms with Gasteiger partial charge in [0.1, 0.15) is 0 Å². The van der Waals surface area contributed by atoms with Crippen molar-refractivity contribution >= 4 is 23.0 Å². The third-order valence-electron chi connectivity index (χ3n) is 4.95. The number of hydrogen-bond acceptors (Lipinski definition) is 5. The number of anilines is 3. The van der Waals surface area contributed by atoms with Crippen molar-refractivity contribution in [1.82, 2.24) is 10.3 Å². The van der Waals surface area contributed by atoms with Crippen LogP contribution in [0.15, 0.2) is 60.9 Å². The number of aryl methyl sites for hydroxylation is 1. The van der Waals surface area contributed by atoms with Crippen molar-refractivity contribution in [2.24, 2.45) is 0 Å². The molecule has 150 valence electrons. The molecular weight excluding hydrogens is 364 g/mol. The van der Waals surface area contributed by atoms with Gasteiger partial charge in [-0.25, -0.2) is 4.79 Å². The monoisotopic (exact) mass is 390 g/mol. The molecule has 0 fully saturated rings. The van der Waals surface area contributed by atoms with Crippen LogP contribution >= 0.6 is 0 Å². The van der Waals surface area contributed by atoms with E-state index in [1.165, 1.54) is 46.5 Å². The molecule has 29 heavy (non-hydrogen) atoms. The van der Waals surface area contributed by atoms with Crippen molar-refractivity contribution in [3.63, 3.8) is 0 Å². The number of carboxylic acids is 1. The Morgan fingerprint density at radius 2 is 1.76 bits per heavy atom. The average molecular weight is 390 g/mol. The summed E-state index contributed by atoms with van der Waals surface area (Å²) in [6.45, 7) is 4.11. The van der Waals surface area contributed by atoms with Crippen LogP contribution in [0.25, 0.3) is 0 Å². The SMILES string of the molecule is CNc1cnccc1C(=O)O.Cc1ccc(N(C)c2ccc3c(c2)CNC3)cc1. The maximum atomic E-state index is 10.5. The largest absolute Gasteiger partial charge is 0.478 e. The molecule has 1 aromatic heterocycles. The van der Waals surface area contributed by atoms with E-state index in [1.807, 2.05) is 0 Å². The fourth-order valence-electron chi connectivity index (χ4n) is 3.19. The van der Waals surface area contributed by atoms with Crippen LogP contribution in [0.3, 0.4) is 0 Å². The first-order chi connectivity index (χ1) is 14.0. The lowest BCUT2D eigenvalue weighted by atomic mass is 10.1. The predicted molar refractivity (Wildman–Crippen MR) is 117 cm³/mol. The molecule has 0 spiro atoms. The van der Waals surface area contributed by atoms with Gasteiger partial charge in [0.2, 0.25) is 0 Å². The van der Waals surface area contributed by atoms with Gasteiger partial charge in [-0.15, -0.1) is 0 Å². The molecular formula is C23H26N4O2. The highest BCUT2D eigenvalue weighted by Crippen LogP contribution is 2.27. The van der Waals surface area contributed by atoms with E-state index in [0.29, 0.717) is 5.69 Å². The lowest BCUT2D eigenvalue weighted by Crippen LogP contribution is -2.09. The average Bonchev–Trinajstić information content (AvgIpc) is 3.22. The smallest absolute Gasteiger partial charge is 0.337 e. The number of carboxylic acid groups (broad SMARTS) is 1. The van der Waals surface area contributed by atoms with Crippen LogP contribution in [0.2, 0.25) is 0 Å². The summed E-state index contributed by atoms with van der Waals surface area (Å²) in [4.78, 5) is 16.5. The van der Waals surface area contributed by atoms with Crippen molar-refractivity contribution in [3.05, 3.63) is 83.2 Å². The first kappa shape index (κ1) is 20.4.